The van der Waals surface area contributed by atoms with Crippen molar-refractivity contribution in [1.82, 2.24) is 4.98 Å². The van der Waals surface area contributed by atoms with Crippen molar-refractivity contribution >= 4 is 5.88 Å². The molecule has 74 valence electrons. The monoisotopic (exact) mass is 191 g/mol. The van der Waals surface area contributed by atoms with Crippen molar-refractivity contribution in [3.05, 3.63) is 11.6 Å². The largest absolute Gasteiger partial charge is 0.424 e. The summed E-state index contributed by atoms with van der Waals surface area (Å²) < 4.78 is 5.47. The van der Waals surface area contributed by atoms with Crippen LogP contribution in [0.1, 0.15) is 44.2 Å². The summed E-state index contributed by atoms with van der Waals surface area (Å²) in [4.78, 5) is 4.12. The number of rotatable bonds is 3. The Morgan fingerprint density at radius 2 is 2.29 bits per heavy atom. The minimum Gasteiger partial charge on any atom is -0.424 e. The highest BCUT2D eigenvalue weighted by molar-refractivity contribution is 5.47. The standard InChI is InChI=1S/C10H13N3O/c1-6(2)9-13-8(5-11)10(14-9)12-7-3-4-7/h6-7,12H,3-4H2,1-2H3. The average Bonchev–Trinajstić information content (AvgIpc) is 2.84. The lowest BCUT2D eigenvalue weighted by atomic mass is 10.2. The van der Waals surface area contributed by atoms with Gasteiger partial charge >= 0.3 is 0 Å². The van der Waals surface area contributed by atoms with Gasteiger partial charge in [0.25, 0.3) is 0 Å². The third-order valence-electron chi connectivity index (χ3n) is 2.16. The summed E-state index contributed by atoms with van der Waals surface area (Å²) in [7, 11) is 0. The summed E-state index contributed by atoms with van der Waals surface area (Å²) in [5.41, 5.74) is 0.376. The summed E-state index contributed by atoms with van der Waals surface area (Å²) in [5, 5.41) is 12.0. The number of anilines is 1. The van der Waals surface area contributed by atoms with E-state index in [0.29, 0.717) is 23.5 Å². The van der Waals surface area contributed by atoms with Gasteiger partial charge in [0, 0.05) is 12.0 Å². The fourth-order valence-electron chi connectivity index (χ4n) is 1.17. The molecule has 0 amide bonds. The molecule has 0 spiro atoms. The second kappa shape index (κ2) is 3.33. The van der Waals surface area contributed by atoms with E-state index in [4.69, 9.17) is 9.68 Å². The molecule has 1 fully saturated rings. The Morgan fingerprint density at radius 1 is 1.57 bits per heavy atom. The van der Waals surface area contributed by atoms with E-state index in [1.807, 2.05) is 19.9 Å². The van der Waals surface area contributed by atoms with Crippen LogP contribution < -0.4 is 5.32 Å². The molecule has 4 nitrogen and oxygen atoms in total. The molecule has 0 radical (unpaired) electrons. The van der Waals surface area contributed by atoms with Crippen molar-refractivity contribution in [2.45, 2.75) is 38.6 Å². The third kappa shape index (κ3) is 1.72. The predicted octanol–water partition coefficient (Wildman–Crippen LogP) is 2.24. The Balaban J connectivity index is 2.23. The maximum absolute atomic E-state index is 8.83. The number of oxazole rings is 1. The van der Waals surface area contributed by atoms with Gasteiger partial charge in [0.05, 0.1) is 0 Å². The van der Waals surface area contributed by atoms with Gasteiger partial charge in [0.1, 0.15) is 6.07 Å². The summed E-state index contributed by atoms with van der Waals surface area (Å²) >= 11 is 0. The van der Waals surface area contributed by atoms with Gasteiger partial charge in [0.2, 0.25) is 17.5 Å². The van der Waals surface area contributed by atoms with Gasteiger partial charge in [-0.3, -0.25) is 0 Å². The van der Waals surface area contributed by atoms with Gasteiger partial charge in [-0.15, -0.1) is 0 Å². The van der Waals surface area contributed by atoms with Crippen LogP contribution in [-0.4, -0.2) is 11.0 Å². The van der Waals surface area contributed by atoms with Crippen molar-refractivity contribution in [2.24, 2.45) is 0 Å². The molecule has 1 aromatic rings. The first-order valence-electron chi connectivity index (χ1n) is 4.88. The molecule has 1 heterocycles. The molecule has 0 saturated heterocycles. The highest BCUT2D eigenvalue weighted by Gasteiger charge is 2.25. The smallest absolute Gasteiger partial charge is 0.232 e. The van der Waals surface area contributed by atoms with E-state index in [2.05, 4.69) is 10.3 Å². The fourth-order valence-corrected chi connectivity index (χ4v) is 1.17. The van der Waals surface area contributed by atoms with E-state index in [0.717, 1.165) is 12.8 Å². The molecular weight excluding hydrogens is 178 g/mol. The zero-order valence-electron chi connectivity index (χ0n) is 8.37. The molecule has 14 heavy (non-hydrogen) atoms. The topological polar surface area (TPSA) is 61.9 Å². The molecule has 2 rings (SSSR count). The van der Waals surface area contributed by atoms with Gasteiger partial charge in [0.15, 0.2) is 0 Å². The van der Waals surface area contributed by atoms with Gasteiger partial charge in [-0.25, -0.2) is 4.98 Å². The van der Waals surface area contributed by atoms with E-state index in [1.165, 1.54) is 0 Å². The molecule has 4 heteroatoms. The Hall–Kier alpha value is -1.50. The van der Waals surface area contributed by atoms with E-state index >= 15 is 0 Å². The van der Waals surface area contributed by atoms with Crippen LogP contribution in [0.2, 0.25) is 0 Å². The van der Waals surface area contributed by atoms with E-state index < -0.39 is 0 Å². The van der Waals surface area contributed by atoms with Crippen LogP contribution >= 0.6 is 0 Å². The maximum atomic E-state index is 8.83. The molecule has 1 aliphatic carbocycles. The molecule has 1 N–H and O–H groups in total. The molecule has 0 aromatic carbocycles. The van der Waals surface area contributed by atoms with Crippen molar-refractivity contribution < 1.29 is 4.42 Å². The summed E-state index contributed by atoms with van der Waals surface area (Å²) in [6, 6.07) is 2.52. The SMILES string of the molecule is CC(C)c1nc(C#N)c(NC2CC2)o1. The maximum Gasteiger partial charge on any atom is 0.232 e. The quantitative estimate of drug-likeness (QED) is 0.795. The number of aromatic nitrogens is 1. The van der Waals surface area contributed by atoms with Crippen molar-refractivity contribution in [3.8, 4) is 6.07 Å². The molecule has 1 aliphatic rings. The highest BCUT2D eigenvalue weighted by Crippen LogP contribution is 2.28. The lowest BCUT2D eigenvalue weighted by Crippen LogP contribution is -2.00. The number of nitriles is 1. The lowest BCUT2D eigenvalue weighted by molar-refractivity contribution is 0.480. The van der Waals surface area contributed by atoms with Crippen LogP contribution in [0, 0.1) is 11.3 Å². The normalized spacial score (nSPS) is 15.6. The predicted molar refractivity (Wildman–Crippen MR) is 52.0 cm³/mol. The minimum absolute atomic E-state index is 0.219. The van der Waals surface area contributed by atoms with Crippen LogP contribution in [0.25, 0.3) is 0 Å². The van der Waals surface area contributed by atoms with Gasteiger partial charge < -0.3 is 9.73 Å². The zero-order chi connectivity index (χ0) is 10.1. The zero-order valence-corrected chi connectivity index (χ0v) is 8.37. The van der Waals surface area contributed by atoms with E-state index in [1.54, 1.807) is 0 Å². The number of hydrogen-bond acceptors (Lipinski definition) is 4. The number of hydrogen-bond donors (Lipinski definition) is 1. The van der Waals surface area contributed by atoms with Crippen LogP contribution in [0.3, 0.4) is 0 Å². The Labute approximate surface area is 82.9 Å². The first-order valence-corrected chi connectivity index (χ1v) is 4.88. The highest BCUT2D eigenvalue weighted by atomic mass is 16.4. The number of nitrogens with zero attached hydrogens (tertiary/aromatic N) is 2. The Morgan fingerprint density at radius 3 is 2.79 bits per heavy atom. The Kier molecular flexibility index (Phi) is 2.16. The molecular formula is C10H13N3O. The molecule has 1 saturated carbocycles. The summed E-state index contributed by atoms with van der Waals surface area (Å²) in [5.74, 6) is 1.39. The fraction of sp³-hybridized carbons (Fsp3) is 0.600. The van der Waals surface area contributed by atoms with Crippen LogP contribution in [-0.2, 0) is 0 Å². The molecule has 1 aromatic heterocycles. The van der Waals surface area contributed by atoms with Crippen molar-refractivity contribution in [3.63, 3.8) is 0 Å². The average molecular weight is 191 g/mol. The van der Waals surface area contributed by atoms with Crippen LogP contribution in [0.4, 0.5) is 5.88 Å². The summed E-state index contributed by atoms with van der Waals surface area (Å²) in [6.07, 6.45) is 2.31. The number of nitrogens with one attached hydrogen (secondary N) is 1. The van der Waals surface area contributed by atoms with Crippen LogP contribution in [0.15, 0.2) is 4.42 Å². The second-order valence-corrected chi connectivity index (χ2v) is 3.91. The second-order valence-electron chi connectivity index (χ2n) is 3.91. The lowest BCUT2D eigenvalue weighted by Gasteiger charge is -1.98. The van der Waals surface area contributed by atoms with Crippen LogP contribution in [0.5, 0.6) is 0 Å². The van der Waals surface area contributed by atoms with E-state index in [9.17, 15) is 0 Å². The summed E-state index contributed by atoms with van der Waals surface area (Å²) in [6.45, 7) is 3.99. The van der Waals surface area contributed by atoms with Crippen molar-refractivity contribution in [1.29, 1.82) is 5.26 Å². The molecule has 0 atom stereocenters. The minimum atomic E-state index is 0.219. The molecule has 0 bridgehead atoms. The van der Waals surface area contributed by atoms with E-state index in [-0.39, 0.29) is 5.92 Å². The van der Waals surface area contributed by atoms with Gasteiger partial charge in [-0.1, -0.05) is 13.8 Å². The molecule has 0 unspecified atom stereocenters. The van der Waals surface area contributed by atoms with Crippen molar-refractivity contribution in [2.75, 3.05) is 5.32 Å². The van der Waals surface area contributed by atoms with Gasteiger partial charge in [-0.05, 0) is 12.8 Å². The molecule has 0 aliphatic heterocycles. The Bertz CT molecular complexity index is 371. The third-order valence-corrected chi connectivity index (χ3v) is 2.16. The first kappa shape index (κ1) is 9.07. The van der Waals surface area contributed by atoms with Gasteiger partial charge in [-0.2, -0.15) is 5.26 Å². The first-order chi connectivity index (χ1) is 6.70.